The van der Waals surface area contributed by atoms with Crippen LogP contribution in [0, 0.1) is 18.7 Å². The van der Waals surface area contributed by atoms with Crippen molar-refractivity contribution in [2.75, 3.05) is 18.0 Å². The predicted molar refractivity (Wildman–Crippen MR) is 108 cm³/mol. The fourth-order valence-electron chi connectivity index (χ4n) is 4.06. The van der Waals surface area contributed by atoms with Gasteiger partial charge in [-0.15, -0.1) is 0 Å². The van der Waals surface area contributed by atoms with Crippen molar-refractivity contribution in [3.63, 3.8) is 0 Å². The molecule has 1 N–H and O–H groups in total. The van der Waals surface area contributed by atoms with Crippen molar-refractivity contribution in [1.82, 2.24) is 24.9 Å². The molecule has 0 spiro atoms. The Balaban J connectivity index is 1.53. The van der Waals surface area contributed by atoms with E-state index in [0.717, 1.165) is 42.9 Å². The van der Waals surface area contributed by atoms with Gasteiger partial charge in [0.05, 0.1) is 5.92 Å². The van der Waals surface area contributed by atoms with Crippen LogP contribution in [0.25, 0.3) is 5.78 Å². The maximum Gasteiger partial charge on any atom is 0.254 e. The van der Waals surface area contributed by atoms with Crippen molar-refractivity contribution in [2.24, 2.45) is 5.92 Å². The third-order valence-electron chi connectivity index (χ3n) is 5.56. The zero-order valence-electron chi connectivity index (χ0n) is 16.7. The molecule has 152 valence electrons. The maximum absolute atomic E-state index is 13.8. The number of benzene rings is 1. The van der Waals surface area contributed by atoms with E-state index in [9.17, 15) is 9.18 Å². The summed E-state index contributed by atoms with van der Waals surface area (Å²) in [7, 11) is 0. The zero-order chi connectivity index (χ0) is 20.4. The lowest BCUT2D eigenvalue weighted by atomic mass is 9.96. The Morgan fingerprint density at radius 1 is 1.34 bits per heavy atom. The molecule has 0 radical (unpaired) electrons. The molecule has 8 heteroatoms. The van der Waals surface area contributed by atoms with Gasteiger partial charge in [-0.3, -0.25) is 4.79 Å². The van der Waals surface area contributed by atoms with E-state index in [1.165, 1.54) is 12.4 Å². The van der Waals surface area contributed by atoms with Crippen LogP contribution in [0.4, 0.5) is 10.2 Å². The molecular formula is C21H25FN6O. The Morgan fingerprint density at radius 3 is 2.97 bits per heavy atom. The Labute approximate surface area is 169 Å². The van der Waals surface area contributed by atoms with Crippen LogP contribution >= 0.6 is 0 Å². The summed E-state index contributed by atoms with van der Waals surface area (Å²) in [6, 6.07) is 6.52. The number of carbonyl (C=O) groups excluding carboxylic acids is 1. The van der Waals surface area contributed by atoms with Crippen LogP contribution in [-0.4, -0.2) is 38.6 Å². The summed E-state index contributed by atoms with van der Waals surface area (Å²) in [6.07, 6.45) is 4.04. The summed E-state index contributed by atoms with van der Waals surface area (Å²) < 4.78 is 15.6. The molecule has 1 saturated heterocycles. The lowest BCUT2D eigenvalue weighted by Crippen LogP contribution is -2.44. The van der Waals surface area contributed by atoms with E-state index in [1.54, 1.807) is 22.7 Å². The minimum Gasteiger partial charge on any atom is -0.355 e. The van der Waals surface area contributed by atoms with E-state index in [4.69, 9.17) is 0 Å². The van der Waals surface area contributed by atoms with E-state index in [1.807, 2.05) is 6.92 Å². The Bertz CT molecular complexity index is 1030. The molecular weight excluding hydrogens is 371 g/mol. The second-order valence-electron chi connectivity index (χ2n) is 7.42. The SMILES string of the molecule is CCc1c(C)nc2ncnn2c1N1CCCC(C(=O)NCc2ccccc2F)C1. The van der Waals surface area contributed by atoms with Gasteiger partial charge in [0.1, 0.15) is 18.0 Å². The van der Waals surface area contributed by atoms with Gasteiger partial charge in [-0.05, 0) is 32.3 Å². The van der Waals surface area contributed by atoms with Crippen molar-refractivity contribution < 1.29 is 9.18 Å². The van der Waals surface area contributed by atoms with Crippen LogP contribution in [0.1, 0.15) is 36.6 Å². The van der Waals surface area contributed by atoms with Crippen molar-refractivity contribution in [3.05, 3.63) is 53.2 Å². The first-order valence-electron chi connectivity index (χ1n) is 10.0. The minimum absolute atomic E-state index is 0.0448. The van der Waals surface area contributed by atoms with Gasteiger partial charge < -0.3 is 10.2 Å². The number of aryl methyl sites for hydroxylation is 1. The molecule has 1 atom stereocenters. The summed E-state index contributed by atoms with van der Waals surface area (Å²) in [5.41, 5.74) is 2.56. The number of halogens is 1. The van der Waals surface area contributed by atoms with E-state index in [2.05, 4.69) is 32.2 Å². The fraction of sp³-hybridized carbons (Fsp3) is 0.429. The minimum atomic E-state index is -0.300. The van der Waals surface area contributed by atoms with Crippen molar-refractivity contribution in [2.45, 2.75) is 39.7 Å². The van der Waals surface area contributed by atoms with Crippen LogP contribution < -0.4 is 10.2 Å². The largest absolute Gasteiger partial charge is 0.355 e. The summed E-state index contributed by atoms with van der Waals surface area (Å²) >= 11 is 0. The average molecular weight is 396 g/mol. The molecule has 4 rings (SSSR count). The zero-order valence-corrected chi connectivity index (χ0v) is 16.7. The van der Waals surface area contributed by atoms with Gasteiger partial charge in [0.15, 0.2) is 0 Å². The predicted octanol–water partition coefficient (Wildman–Crippen LogP) is 2.67. The number of nitrogens with zero attached hydrogens (tertiary/aromatic N) is 5. The number of hydrogen-bond acceptors (Lipinski definition) is 5. The van der Waals surface area contributed by atoms with E-state index in [-0.39, 0.29) is 24.2 Å². The molecule has 2 aromatic heterocycles. The second kappa shape index (κ2) is 8.14. The Kier molecular flexibility index (Phi) is 5.42. The molecule has 0 saturated carbocycles. The molecule has 7 nitrogen and oxygen atoms in total. The standard InChI is InChI=1S/C21H25FN6O/c1-3-17-14(2)26-21-24-13-25-28(21)20(17)27-10-6-8-16(12-27)19(29)23-11-15-7-4-5-9-18(15)22/h4-5,7,9,13,16H,3,6,8,10-12H2,1-2H3,(H,23,29). The molecule has 1 unspecified atom stereocenters. The molecule has 1 aliphatic heterocycles. The topological polar surface area (TPSA) is 75.4 Å². The highest BCUT2D eigenvalue weighted by Crippen LogP contribution is 2.28. The highest BCUT2D eigenvalue weighted by molar-refractivity contribution is 5.79. The number of piperidine rings is 1. The smallest absolute Gasteiger partial charge is 0.254 e. The van der Waals surface area contributed by atoms with E-state index < -0.39 is 0 Å². The number of anilines is 1. The van der Waals surface area contributed by atoms with Gasteiger partial charge in [0, 0.05) is 36.5 Å². The number of aromatic nitrogens is 4. The summed E-state index contributed by atoms with van der Waals surface area (Å²) in [5.74, 6) is 1.04. The Hall–Kier alpha value is -3.03. The monoisotopic (exact) mass is 396 g/mol. The van der Waals surface area contributed by atoms with Gasteiger partial charge in [-0.1, -0.05) is 25.1 Å². The Morgan fingerprint density at radius 2 is 2.17 bits per heavy atom. The molecule has 3 heterocycles. The molecule has 1 aromatic carbocycles. The summed E-state index contributed by atoms with van der Waals surface area (Å²) in [5, 5.41) is 7.26. The second-order valence-corrected chi connectivity index (χ2v) is 7.42. The first kappa shape index (κ1) is 19.3. The van der Waals surface area contributed by atoms with Gasteiger partial charge in [0.2, 0.25) is 5.91 Å². The number of amides is 1. The molecule has 3 aromatic rings. The third-order valence-corrected chi connectivity index (χ3v) is 5.56. The number of nitrogens with one attached hydrogen (secondary N) is 1. The van der Waals surface area contributed by atoms with Gasteiger partial charge >= 0.3 is 0 Å². The van der Waals surface area contributed by atoms with Gasteiger partial charge in [-0.25, -0.2) is 9.37 Å². The van der Waals surface area contributed by atoms with Crippen LogP contribution in [0.3, 0.4) is 0 Å². The molecule has 0 aliphatic carbocycles. The molecule has 1 aliphatic rings. The van der Waals surface area contributed by atoms with Crippen molar-refractivity contribution in [3.8, 4) is 0 Å². The summed E-state index contributed by atoms with van der Waals surface area (Å²) in [4.78, 5) is 23.8. The number of carbonyl (C=O) groups is 1. The highest BCUT2D eigenvalue weighted by atomic mass is 19.1. The normalized spacial score (nSPS) is 16.9. The number of hydrogen-bond donors (Lipinski definition) is 1. The van der Waals surface area contributed by atoms with Crippen molar-refractivity contribution >= 4 is 17.5 Å². The molecule has 29 heavy (non-hydrogen) atoms. The van der Waals surface area contributed by atoms with Crippen molar-refractivity contribution in [1.29, 1.82) is 0 Å². The van der Waals surface area contributed by atoms with E-state index in [0.29, 0.717) is 17.9 Å². The quantitative estimate of drug-likeness (QED) is 0.718. The summed E-state index contributed by atoms with van der Waals surface area (Å²) in [6.45, 7) is 5.72. The first-order chi connectivity index (χ1) is 14.1. The van der Waals surface area contributed by atoms with Crippen LogP contribution in [0.5, 0.6) is 0 Å². The van der Waals surface area contributed by atoms with Gasteiger partial charge in [0.25, 0.3) is 5.78 Å². The number of rotatable bonds is 5. The molecule has 1 fully saturated rings. The molecule has 0 bridgehead atoms. The van der Waals surface area contributed by atoms with Crippen LogP contribution in [-0.2, 0) is 17.8 Å². The first-order valence-corrected chi connectivity index (χ1v) is 10.0. The molecule has 1 amide bonds. The number of fused-ring (bicyclic) bond motifs is 1. The average Bonchev–Trinajstić information content (AvgIpc) is 3.19. The fourth-order valence-corrected chi connectivity index (χ4v) is 4.06. The third kappa shape index (κ3) is 3.79. The van der Waals surface area contributed by atoms with Crippen LogP contribution in [0.15, 0.2) is 30.6 Å². The lowest BCUT2D eigenvalue weighted by molar-refractivity contribution is -0.125. The van der Waals surface area contributed by atoms with Crippen LogP contribution in [0.2, 0.25) is 0 Å². The van der Waals surface area contributed by atoms with Gasteiger partial charge in [-0.2, -0.15) is 14.6 Å². The highest BCUT2D eigenvalue weighted by Gasteiger charge is 2.29. The maximum atomic E-state index is 13.8. The lowest BCUT2D eigenvalue weighted by Gasteiger charge is -2.35. The van der Waals surface area contributed by atoms with E-state index >= 15 is 0 Å².